The lowest BCUT2D eigenvalue weighted by molar-refractivity contribution is -0.141. The summed E-state index contributed by atoms with van der Waals surface area (Å²) in [6.45, 7) is 15.6. The molecule has 1 aliphatic heterocycles. The highest BCUT2D eigenvalue weighted by Gasteiger charge is 2.62. The third kappa shape index (κ3) is 8.16. The van der Waals surface area contributed by atoms with Gasteiger partial charge in [0.2, 0.25) is 21.8 Å². The molecule has 0 spiro atoms. The van der Waals surface area contributed by atoms with Crippen molar-refractivity contribution >= 4 is 67.1 Å². The smallest absolute Gasteiger partial charge is 0.296 e. The molecule has 8 rings (SSSR count). The van der Waals surface area contributed by atoms with Crippen LogP contribution in [0.15, 0.2) is 64.9 Å². The van der Waals surface area contributed by atoms with Crippen LogP contribution < -0.4 is 24.8 Å². The molecule has 4 heterocycles. The van der Waals surface area contributed by atoms with Gasteiger partial charge in [-0.15, -0.1) is 17.9 Å². The fraction of sp³-hybridized carbons (Fsp3) is 0.455. The minimum Gasteiger partial charge on any atom is -0.496 e. The second-order valence-electron chi connectivity index (χ2n) is 17.6. The van der Waals surface area contributed by atoms with Crippen LogP contribution in [0.5, 0.6) is 11.5 Å². The zero-order valence-corrected chi connectivity index (χ0v) is 36.9. The first-order chi connectivity index (χ1) is 28.9. The topological polar surface area (TPSA) is 195 Å². The molecule has 3 aliphatic rings. The maximum atomic E-state index is 15.0. The van der Waals surface area contributed by atoms with Gasteiger partial charge in [0.25, 0.3) is 11.9 Å². The Morgan fingerprint density at radius 1 is 1.08 bits per heavy atom. The first-order valence-electron chi connectivity index (χ1n) is 20.5. The number of hydrogen-bond donors (Lipinski definition) is 3. The van der Waals surface area contributed by atoms with Crippen molar-refractivity contribution in [2.24, 2.45) is 11.3 Å². The van der Waals surface area contributed by atoms with E-state index in [0.29, 0.717) is 57.0 Å². The Morgan fingerprint density at radius 2 is 1.84 bits per heavy atom. The van der Waals surface area contributed by atoms with Crippen LogP contribution in [-0.2, 0) is 24.4 Å². The molecule has 0 unspecified atom stereocenters. The summed E-state index contributed by atoms with van der Waals surface area (Å²) in [5.41, 5.74) is 1.89. The van der Waals surface area contributed by atoms with Crippen molar-refractivity contribution in [1.82, 2.24) is 29.9 Å². The number of rotatable bonds is 14. The van der Waals surface area contributed by atoms with Gasteiger partial charge in [-0.05, 0) is 61.8 Å². The molecule has 0 radical (unpaired) electrons. The van der Waals surface area contributed by atoms with Gasteiger partial charge in [0.05, 0.1) is 30.1 Å². The van der Waals surface area contributed by atoms with Crippen LogP contribution in [0.3, 0.4) is 0 Å². The van der Waals surface area contributed by atoms with Gasteiger partial charge in [-0.3, -0.25) is 19.1 Å². The number of thiazole rings is 1. The fourth-order valence-electron chi connectivity index (χ4n) is 7.92. The predicted molar refractivity (Wildman–Crippen MR) is 233 cm³/mol. The number of hydrogen-bond acceptors (Lipinski definition) is 13. The predicted octanol–water partition coefficient (Wildman–Crippen LogP) is 6.48. The number of carbonyl (C=O) groups is 3. The monoisotopic (exact) mass is 869 g/mol. The summed E-state index contributed by atoms with van der Waals surface area (Å²) in [6, 6.07) is 10.9. The van der Waals surface area contributed by atoms with Gasteiger partial charge in [-0.25, -0.2) is 18.4 Å². The van der Waals surface area contributed by atoms with E-state index in [1.807, 2.05) is 63.4 Å². The van der Waals surface area contributed by atoms with E-state index < -0.39 is 68.1 Å². The first kappa shape index (κ1) is 42.2. The van der Waals surface area contributed by atoms with Crippen molar-refractivity contribution in [3.8, 4) is 22.2 Å². The molecule has 2 aliphatic carbocycles. The molecule has 5 atom stereocenters. The second-order valence-corrected chi connectivity index (χ2v) is 20.4. The number of fused-ring (bicyclic) bond motifs is 2. The normalized spacial score (nSPS) is 22.0. The number of nitrogens with zero attached hydrogens (tertiary/aromatic N) is 4. The third-order valence-electron chi connectivity index (χ3n) is 11.8. The lowest BCUT2D eigenvalue weighted by atomic mass is 9.85. The zero-order valence-electron chi connectivity index (χ0n) is 35.3. The Morgan fingerprint density at radius 3 is 2.48 bits per heavy atom. The summed E-state index contributed by atoms with van der Waals surface area (Å²) in [6.07, 6.45) is 1.96. The molecule has 3 fully saturated rings. The molecule has 2 saturated carbocycles. The van der Waals surface area contributed by atoms with Crippen LogP contribution in [0, 0.1) is 18.3 Å². The van der Waals surface area contributed by atoms with Crippen LogP contribution in [0.2, 0.25) is 0 Å². The summed E-state index contributed by atoms with van der Waals surface area (Å²) in [7, 11) is -2.31. The number of methoxy groups -OCH3 is 1. The molecular formula is C44H51N7O8S2. The molecule has 15 nitrogen and oxygen atoms in total. The van der Waals surface area contributed by atoms with Crippen molar-refractivity contribution < 1.29 is 36.7 Å². The van der Waals surface area contributed by atoms with Crippen molar-refractivity contribution in [1.29, 1.82) is 0 Å². The second kappa shape index (κ2) is 15.7. The Bertz CT molecular complexity index is 2630. The lowest BCUT2D eigenvalue weighted by Crippen LogP contribution is -2.58. The number of carbonyl (C=O) groups excluding carboxylic acids is 3. The molecule has 61 heavy (non-hydrogen) atoms. The molecule has 5 aromatic rings. The molecule has 322 valence electrons. The van der Waals surface area contributed by atoms with Crippen molar-refractivity contribution in [2.45, 2.75) is 102 Å². The van der Waals surface area contributed by atoms with Gasteiger partial charge in [0.15, 0.2) is 5.58 Å². The highest BCUT2D eigenvalue weighted by atomic mass is 32.2. The Labute approximate surface area is 358 Å². The SMILES string of the molecule is C=C[C@@H]1C[C@]1(NC(=O)[C@@H]1C[C@@H](Oc2cc(-c3nc(C(C)C)cs3)nc3c(C)c(OC)ccc23)CN1C(=O)[C@@H](Nc1nc2ccccc2o1)C(C)(C)C)C(=O)NS(=O)(=O)C1CC1. The highest BCUT2D eigenvalue weighted by molar-refractivity contribution is 7.91. The summed E-state index contributed by atoms with van der Waals surface area (Å²) >= 11 is 1.48. The van der Waals surface area contributed by atoms with Gasteiger partial charge in [0.1, 0.15) is 51.4 Å². The van der Waals surface area contributed by atoms with Crippen LogP contribution in [0.4, 0.5) is 6.01 Å². The average Bonchev–Trinajstić information content (AvgIpc) is 4.02. The van der Waals surface area contributed by atoms with Crippen molar-refractivity contribution in [2.75, 3.05) is 19.0 Å². The number of para-hydroxylation sites is 2. The number of amides is 3. The summed E-state index contributed by atoms with van der Waals surface area (Å²) in [5, 5.41) is 8.88. The number of nitrogens with one attached hydrogen (secondary N) is 3. The number of aryl methyl sites for hydroxylation is 1. The van der Waals surface area contributed by atoms with Crippen molar-refractivity contribution in [3.63, 3.8) is 0 Å². The van der Waals surface area contributed by atoms with Crippen LogP contribution in [-0.4, -0.2) is 88.6 Å². The number of anilines is 1. The zero-order chi connectivity index (χ0) is 43.6. The van der Waals surface area contributed by atoms with Gasteiger partial charge in [-0.2, -0.15) is 4.98 Å². The van der Waals surface area contributed by atoms with Gasteiger partial charge < -0.3 is 29.4 Å². The number of pyridine rings is 1. The van der Waals surface area contributed by atoms with E-state index in [9.17, 15) is 18.0 Å². The Kier molecular flexibility index (Phi) is 10.9. The summed E-state index contributed by atoms with van der Waals surface area (Å²) in [4.78, 5) is 59.3. The van der Waals surface area contributed by atoms with E-state index in [2.05, 4.69) is 40.8 Å². The molecule has 0 bridgehead atoms. The largest absolute Gasteiger partial charge is 0.496 e. The molecular weight excluding hydrogens is 819 g/mol. The lowest BCUT2D eigenvalue weighted by Gasteiger charge is -2.35. The van der Waals surface area contributed by atoms with Gasteiger partial charge >= 0.3 is 0 Å². The van der Waals surface area contributed by atoms with Gasteiger partial charge in [-0.1, -0.05) is 52.8 Å². The fourth-order valence-corrected chi connectivity index (χ4v) is 10.2. The minimum absolute atomic E-state index is 0.00190. The molecule has 3 N–H and O–H groups in total. The van der Waals surface area contributed by atoms with E-state index in [-0.39, 0.29) is 31.3 Å². The first-order valence-corrected chi connectivity index (χ1v) is 22.9. The van der Waals surface area contributed by atoms with Crippen LogP contribution in [0.1, 0.15) is 77.5 Å². The molecule has 3 amide bonds. The maximum absolute atomic E-state index is 15.0. The van der Waals surface area contributed by atoms with E-state index in [1.54, 1.807) is 19.2 Å². The molecule has 2 aromatic carbocycles. The number of benzene rings is 2. The van der Waals surface area contributed by atoms with Gasteiger partial charge in [0, 0.05) is 34.7 Å². The number of likely N-dealkylation sites (tertiary alicyclic amines) is 1. The quantitative estimate of drug-likeness (QED) is 0.103. The highest BCUT2D eigenvalue weighted by Crippen LogP contribution is 2.46. The molecule has 3 aromatic heterocycles. The number of ether oxygens (including phenoxy) is 2. The molecule has 17 heteroatoms. The summed E-state index contributed by atoms with van der Waals surface area (Å²) in [5.74, 6) is -1.03. The number of oxazole rings is 1. The van der Waals surface area contributed by atoms with E-state index >= 15 is 4.79 Å². The summed E-state index contributed by atoms with van der Waals surface area (Å²) < 4.78 is 46.4. The molecule has 1 saturated heterocycles. The standard InChI is InChI=1S/C44H51N7O8S2/c1-9-25-20-44(25,41(54)50-61(55,56)27-14-15-27)49-38(52)32-18-26(21-51(32)40(53)37(43(5,6)7)48-42-47-29-12-10-11-13-34(29)59-42)58-35-19-30(39-46-31(22-60-39)23(2)3)45-36-24(4)33(57-8)17-16-28(35)36/h9-13,16-17,19,22-23,25-27,32,37H,1,14-15,18,20-21H2,2-8H3,(H,47,48)(H,49,52)(H,50,54)/t25-,26-,32+,37-,44-/m1/s1. The Balaban J connectivity index is 1.15. The van der Waals surface area contributed by atoms with Crippen LogP contribution in [0.25, 0.3) is 32.7 Å². The van der Waals surface area contributed by atoms with E-state index in [0.717, 1.165) is 11.3 Å². The number of aromatic nitrogens is 3. The average molecular weight is 870 g/mol. The maximum Gasteiger partial charge on any atom is 0.296 e. The van der Waals surface area contributed by atoms with E-state index in [4.69, 9.17) is 23.9 Å². The van der Waals surface area contributed by atoms with E-state index in [1.165, 1.54) is 22.3 Å². The Hall–Kier alpha value is -5.55. The third-order valence-corrected chi connectivity index (χ3v) is 14.5. The minimum atomic E-state index is -3.91. The van der Waals surface area contributed by atoms with Crippen LogP contribution >= 0.6 is 11.3 Å². The number of sulfonamides is 1. The van der Waals surface area contributed by atoms with Crippen molar-refractivity contribution in [3.05, 3.63) is 71.8 Å².